The number of esters is 2. The predicted octanol–water partition coefficient (Wildman–Crippen LogP) is 3.94. The molecule has 0 bridgehead atoms. The van der Waals surface area contributed by atoms with Crippen molar-refractivity contribution in [1.29, 1.82) is 0 Å². The number of aromatic nitrogens is 1. The maximum Gasteiger partial charge on any atom is 0.417 e. The normalized spacial score (nSPS) is 14.2. The molecule has 3 rings (SSSR count). The van der Waals surface area contributed by atoms with E-state index in [-0.39, 0.29) is 41.3 Å². The Kier molecular flexibility index (Phi) is 6.90. The summed E-state index contributed by atoms with van der Waals surface area (Å²) in [6.07, 6.45) is -3.97. The molecular weight excluding hydrogens is 457 g/mol. The van der Waals surface area contributed by atoms with Crippen LogP contribution in [0.5, 0.6) is 11.6 Å². The first-order valence-corrected chi connectivity index (χ1v) is 9.29. The summed E-state index contributed by atoms with van der Waals surface area (Å²) < 4.78 is 58.6. The highest BCUT2D eigenvalue weighted by Crippen LogP contribution is 2.35. The molecule has 0 saturated carbocycles. The average molecular weight is 473 g/mol. The molecule has 0 fully saturated rings. The number of methoxy groups -OCH3 is 2. The van der Waals surface area contributed by atoms with Crippen molar-refractivity contribution in [3.8, 4) is 11.6 Å². The van der Waals surface area contributed by atoms with Crippen LogP contribution in [0.3, 0.4) is 0 Å². The van der Waals surface area contributed by atoms with Crippen LogP contribution in [0.4, 0.5) is 18.9 Å². The van der Waals surface area contributed by atoms with E-state index in [0.717, 1.165) is 0 Å². The molecule has 2 aromatic rings. The van der Waals surface area contributed by atoms with Gasteiger partial charge in [-0.05, 0) is 30.3 Å². The molecule has 0 spiro atoms. The highest BCUT2D eigenvalue weighted by Gasteiger charge is 2.33. The predicted molar refractivity (Wildman–Crippen MR) is 105 cm³/mol. The molecule has 0 N–H and O–H groups in total. The second-order valence-corrected chi connectivity index (χ2v) is 6.73. The fourth-order valence-corrected chi connectivity index (χ4v) is 3.01. The second-order valence-electron chi connectivity index (χ2n) is 6.32. The molecular formula is C20H16ClF3N2O6. The number of halogens is 4. The fourth-order valence-electron chi connectivity index (χ4n) is 2.81. The summed E-state index contributed by atoms with van der Waals surface area (Å²) >= 11 is 5.85. The van der Waals surface area contributed by atoms with E-state index in [9.17, 15) is 22.8 Å². The summed E-state index contributed by atoms with van der Waals surface area (Å²) in [6.45, 7) is -0.176. The number of pyridine rings is 1. The van der Waals surface area contributed by atoms with E-state index in [1.165, 1.54) is 31.3 Å². The van der Waals surface area contributed by atoms with E-state index in [4.69, 9.17) is 30.5 Å². The van der Waals surface area contributed by atoms with Gasteiger partial charge in [-0.2, -0.15) is 13.2 Å². The molecule has 0 amide bonds. The van der Waals surface area contributed by atoms with Crippen molar-refractivity contribution in [2.45, 2.75) is 6.18 Å². The van der Waals surface area contributed by atoms with E-state index < -0.39 is 23.7 Å². The minimum atomic E-state index is -4.58. The molecule has 12 heteroatoms. The number of ether oxygens (including phenoxy) is 4. The number of benzene rings is 1. The van der Waals surface area contributed by atoms with Crippen LogP contribution < -0.4 is 9.64 Å². The van der Waals surface area contributed by atoms with Gasteiger partial charge >= 0.3 is 18.1 Å². The minimum Gasteiger partial charge on any atom is -0.466 e. The van der Waals surface area contributed by atoms with Crippen LogP contribution in [-0.4, -0.2) is 44.5 Å². The van der Waals surface area contributed by atoms with Crippen molar-refractivity contribution >= 4 is 29.2 Å². The summed E-state index contributed by atoms with van der Waals surface area (Å²) in [5.74, 6) is -1.48. The van der Waals surface area contributed by atoms with Gasteiger partial charge in [0.15, 0.2) is 0 Å². The van der Waals surface area contributed by atoms with Crippen molar-refractivity contribution in [2.24, 2.45) is 0 Å². The van der Waals surface area contributed by atoms with E-state index in [1.54, 1.807) is 12.1 Å². The van der Waals surface area contributed by atoms with Crippen LogP contribution in [0.15, 0.2) is 47.8 Å². The zero-order chi connectivity index (χ0) is 23.5. The van der Waals surface area contributed by atoms with Crippen LogP contribution in [0.1, 0.15) is 5.56 Å². The van der Waals surface area contributed by atoms with Gasteiger partial charge in [0.2, 0.25) is 5.88 Å². The second kappa shape index (κ2) is 9.45. The lowest BCUT2D eigenvalue weighted by molar-refractivity contribution is -0.140. The summed E-state index contributed by atoms with van der Waals surface area (Å²) in [5.41, 5.74) is -0.595. The molecule has 0 saturated heterocycles. The summed E-state index contributed by atoms with van der Waals surface area (Å²) in [7, 11) is 2.35. The first-order valence-electron chi connectivity index (χ1n) is 8.91. The molecule has 0 radical (unpaired) electrons. The molecule has 32 heavy (non-hydrogen) atoms. The topological polar surface area (TPSA) is 87.2 Å². The van der Waals surface area contributed by atoms with Crippen molar-refractivity contribution in [3.05, 3.63) is 58.4 Å². The number of carbonyl (C=O) groups is 2. The number of hydrogen-bond donors (Lipinski definition) is 0. The Balaban J connectivity index is 1.86. The molecule has 0 aliphatic carbocycles. The number of nitrogens with zero attached hydrogens (tertiary/aromatic N) is 2. The molecule has 1 aliphatic rings. The minimum absolute atomic E-state index is 0.00772. The van der Waals surface area contributed by atoms with Gasteiger partial charge in [-0.3, -0.25) is 0 Å². The van der Waals surface area contributed by atoms with Gasteiger partial charge in [-0.15, -0.1) is 0 Å². The molecule has 1 aliphatic heterocycles. The van der Waals surface area contributed by atoms with Crippen LogP contribution in [-0.2, 0) is 30.0 Å². The fraction of sp³-hybridized carbons (Fsp3) is 0.250. The summed E-state index contributed by atoms with van der Waals surface area (Å²) in [6, 6.07) is 6.75. The van der Waals surface area contributed by atoms with E-state index in [1.807, 2.05) is 0 Å². The lowest BCUT2D eigenvalue weighted by Crippen LogP contribution is -2.38. The van der Waals surface area contributed by atoms with Gasteiger partial charge in [0.25, 0.3) is 0 Å². The Morgan fingerprint density at radius 2 is 1.78 bits per heavy atom. The zero-order valence-electron chi connectivity index (χ0n) is 16.7. The number of carbonyl (C=O) groups excluding carboxylic acids is 2. The monoisotopic (exact) mass is 472 g/mol. The highest BCUT2D eigenvalue weighted by atomic mass is 35.5. The van der Waals surface area contributed by atoms with Crippen molar-refractivity contribution in [1.82, 2.24) is 4.98 Å². The molecule has 8 nitrogen and oxygen atoms in total. The average Bonchev–Trinajstić information content (AvgIpc) is 2.78. The first kappa shape index (κ1) is 23.4. The molecule has 1 aromatic carbocycles. The maximum absolute atomic E-state index is 12.7. The van der Waals surface area contributed by atoms with Gasteiger partial charge in [0.1, 0.15) is 23.2 Å². The standard InChI is InChI=1S/C20H16ClF3N2O6/c1-29-18(27)14-9-31-10-26(16(14)19(28)30-2)12-3-5-13(6-4-12)32-17-15(21)7-11(8-25-17)20(22,23)24/h3-8H,9-10H2,1-2H3. The Bertz CT molecular complexity index is 1060. The number of anilines is 1. The molecule has 2 heterocycles. The van der Waals surface area contributed by atoms with Crippen LogP contribution in [0.25, 0.3) is 0 Å². The van der Waals surface area contributed by atoms with E-state index in [0.29, 0.717) is 18.0 Å². The van der Waals surface area contributed by atoms with Gasteiger partial charge < -0.3 is 23.8 Å². The SMILES string of the molecule is COC(=O)C1=C(C(=O)OC)N(c2ccc(Oc3ncc(C(F)(F)F)cc3Cl)cc2)COC1. The lowest BCUT2D eigenvalue weighted by Gasteiger charge is -2.31. The third-order valence-electron chi connectivity index (χ3n) is 4.33. The molecule has 170 valence electrons. The maximum atomic E-state index is 12.7. The third-order valence-corrected chi connectivity index (χ3v) is 4.60. The van der Waals surface area contributed by atoms with Crippen molar-refractivity contribution in [2.75, 3.05) is 32.5 Å². The largest absolute Gasteiger partial charge is 0.466 e. The summed E-state index contributed by atoms with van der Waals surface area (Å²) in [5, 5.41) is -0.313. The lowest BCUT2D eigenvalue weighted by atomic mass is 10.1. The Hall–Kier alpha value is -3.31. The van der Waals surface area contributed by atoms with E-state index in [2.05, 4.69) is 4.98 Å². The third kappa shape index (κ3) is 4.94. The van der Waals surface area contributed by atoms with Gasteiger partial charge in [0.05, 0.1) is 32.0 Å². The van der Waals surface area contributed by atoms with Gasteiger partial charge in [-0.25, -0.2) is 14.6 Å². The number of rotatable bonds is 5. The molecule has 0 unspecified atom stereocenters. The van der Waals surface area contributed by atoms with Crippen LogP contribution in [0.2, 0.25) is 5.02 Å². The van der Waals surface area contributed by atoms with Crippen LogP contribution in [0, 0.1) is 0 Å². The Labute approximate surface area is 185 Å². The number of hydrogen-bond acceptors (Lipinski definition) is 8. The van der Waals surface area contributed by atoms with Crippen molar-refractivity contribution < 1.29 is 41.7 Å². The van der Waals surface area contributed by atoms with E-state index >= 15 is 0 Å². The van der Waals surface area contributed by atoms with Gasteiger partial charge in [-0.1, -0.05) is 11.6 Å². The zero-order valence-corrected chi connectivity index (χ0v) is 17.5. The highest BCUT2D eigenvalue weighted by molar-refractivity contribution is 6.31. The summed E-state index contributed by atoms with van der Waals surface area (Å²) in [4.78, 5) is 29.4. The van der Waals surface area contributed by atoms with Crippen LogP contribution >= 0.6 is 11.6 Å². The van der Waals surface area contributed by atoms with Gasteiger partial charge in [0, 0.05) is 11.9 Å². The molecule has 0 atom stereocenters. The smallest absolute Gasteiger partial charge is 0.417 e. The number of alkyl halides is 3. The van der Waals surface area contributed by atoms with Crippen molar-refractivity contribution in [3.63, 3.8) is 0 Å². The molecule has 1 aromatic heterocycles. The Morgan fingerprint density at radius 3 is 2.34 bits per heavy atom. The first-order chi connectivity index (χ1) is 15.2. The Morgan fingerprint density at radius 1 is 1.12 bits per heavy atom. The quantitative estimate of drug-likeness (QED) is 0.605.